The minimum absolute atomic E-state index is 0. The molecule has 0 unspecified atom stereocenters. The van der Waals surface area contributed by atoms with Crippen LogP contribution in [0.25, 0.3) is 11.2 Å². The molecule has 1 amide bonds. The number of amides is 1. The summed E-state index contributed by atoms with van der Waals surface area (Å²) in [5, 5.41) is 6.09. The van der Waals surface area contributed by atoms with Crippen molar-refractivity contribution in [1.29, 1.82) is 0 Å². The van der Waals surface area contributed by atoms with Crippen LogP contribution in [0.2, 0.25) is 0 Å². The Morgan fingerprint density at radius 2 is 1.89 bits per heavy atom. The largest absolute Gasteiger partial charge is 0.369 e. The number of fused-ring (bicyclic) bond motifs is 1. The topological polar surface area (TPSA) is 91.2 Å². The first-order valence-electron chi connectivity index (χ1n) is 11.6. The van der Waals surface area contributed by atoms with Crippen molar-refractivity contribution < 1.29 is 7.65 Å². The predicted molar refractivity (Wildman–Crippen MR) is 143 cm³/mol. The molecular weight excluding hydrogens is 440 g/mol. The third kappa shape index (κ3) is 5.30. The highest BCUT2D eigenvalue weighted by Gasteiger charge is 2.14. The van der Waals surface area contributed by atoms with E-state index in [1.54, 1.807) is 12.5 Å². The van der Waals surface area contributed by atoms with Crippen LogP contribution >= 0.6 is 0 Å². The molecule has 1 aliphatic heterocycles. The fourth-order valence-corrected chi connectivity index (χ4v) is 4.12. The van der Waals surface area contributed by atoms with Gasteiger partial charge in [0.15, 0.2) is 5.65 Å². The number of carbonyl (C=O) groups is 1. The Morgan fingerprint density at radius 1 is 1.09 bits per heavy atom. The van der Waals surface area contributed by atoms with Crippen molar-refractivity contribution in [3.8, 4) is 0 Å². The van der Waals surface area contributed by atoms with Crippen molar-refractivity contribution in [1.82, 2.24) is 24.4 Å². The zero-order chi connectivity index (χ0) is 24.2. The van der Waals surface area contributed by atoms with Crippen LogP contribution in [0.15, 0.2) is 73.7 Å². The maximum absolute atomic E-state index is 11.6. The van der Waals surface area contributed by atoms with Gasteiger partial charge in [-0.05, 0) is 55.1 Å². The Hall–Kier alpha value is -4.24. The molecule has 2 N–H and O–H groups in total. The van der Waals surface area contributed by atoms with E-state index < -0.39 is 0 Å². The molecule has 5 rings (SSSR count). The molecule has 35 heavy (non-hydrogen) atoms. The number of anilines is 4. The second-order valence-electron chi connectivity index (χ2n) is 8.63. The van der Waals surface area contributed by atoms with E-state index in [9.17, 15) is 4.79 Å². The summed E-state index contributed by atoms with van der Waals surface area (Å²) in [7, 11) is 2.16. The van der Waals surface area contributed by atoms with Gasteiger partial charge in [-0.3, -0.25) is 4.79 Å². The quantitative estimate of drug-likeness (QED) is 0.393. The standard InChI is InChI=1S/C26H28N8O.2H2/c1-3-24(35)29-21-6-4-5-19(15-21)17-34-18-28-23-16-27-26(31-25(23)34)30-20-7-9-22(10-8-20)33-13-11-32(2)12-14-33;;/h3-10,15-16,18H,1,11-14,17H2,2H3,(H,29,35)(H,27,30,31);2*1H. The number of hydrogen-bond acceptors (Lipinski definition) is 7. The van der Waals surface area contributed by atoms with E-state index in [0.29, 0.717) is 18.2 Å². The van der Waals surface area contributed by atoms with Crippen molar-refractivity contribution in [2.45, 2.75) is 6.54 Å². The first-order chi connectivity index (χ1) is 17.1. The number of nitrogens with zero attached hydrogens (tertiary/aromatic N) is 6. The SMILES string of the molecule is C=CC(=O)Nc1cccc(Cn2cnc3cnc(Nc4ccc(N5CCN(C)CC5)cc4)nc32)c1.[HH].[HH]. The Kier molecular flexibility index (Phi) is 6.40. The molecule has 9 heteroatoms. The maximum Gasteiger partial charge on any atom is 0.247 e. The Morgan fingerprint density at radius 3 is 2.66 bits per heavy atom. The Balaban J connectivity index is 0.00000190. The molecule has 1 fully saturated rings. The van der Waals surface area contributed by atoms with Crippen molar-refractivity contribution in [2.75, 3.05) is 48.8 Å². The average molecular weight is 473 g/mol. The van der Waals surface area contributed by atoms with Crippen molar-refractivity contribution >= 4 is 40.1 Å². The van der Waals surface area contributed by atoms with Crippen LogP contribution in [-0.2, 0) is 11.3 Å². The molecule has 0 aliphatic carbocycles. The molecule has 1 saturated heterocycles. The molecule has 2 aromatic heterocycles. The van der Waals surface area contributed by atoms with Crippen LogP contribution in [0.5, 0.6) is 0 Å². The van der Waals surface area contributed by atoms with E-state index in [1.807, 2.05) is 28.8 Å². The van der Waals surface area contributed by atoms with Gasteiger partial charge in [-0.15, -0.1) is 0 Å². The fourth-order valence-electron chi connectivity index (χ4n) is 4.12. The summed E-state index contributed by atoms with van der Waals surface area (Å²) in [5.41, 5.74) is 5.34. The van der Waals surface area contributed by atoms with Crippen LogP contribution in [0, 0.1) is 0 Å². The lowest BCUT2D eigenvalue weighted by atomic mass is 10.2. The molecule has 2 aromatic carbocycles. The van der Waals surface area contributed by atoms with Gasteiger partial charge in [-0.2, -0.15) is 4.98 Å². The lowest BCUT2D eigenvalue weighted by molar-refractivity contribution is -0.111. The Labute approximate surface area is 207 Å². The summed E-state index contributed by atoms with van der Waals surface area (Å²) in [5.74, 6) is 0.272. The molecule has 0 radical (unpaired) electrons. The highest BCUT2D eigenvalue weighted by Crippen LogP contribution is 2.22. The van der Waals surface area contributed by atoms with Crippen molar-refractivity contribution in [3.63, 3.8) is 0 Å². The first-order valence-corrected chi connectivity index (χ1v) is 11.6. The molecular formula is C26H32N8O. The van der Waals surface area contributed by atoms with Crippen molar-refractivity contribution in [2.24, 2.45) is 0 Å². The normalized spacial score (nSPS) is 14.1. The highest BCUT2D eigenvalue weighted by molar-refractivity contribution is 5.98. The van der Waals surface area contributed by atoms with Gasteiger partial charge in [0.1, 0.15) is 5.52 Å². The van der Waals surface area contributed by atoms with Gasteiger partial charge in [0.2, 0.25) is 11.9 Å². The zero-order valence-electron chi connectivity index (χ0n) is 19.7. The summed E-state index contributed by atoms with van der Waals surface area (Å²) < 4.78 is 1.97. The van der Waals surface area contributed by atoms with E-state index in [2.05, 4.69) is 68.3 Å². The summed E-state index contributed by atoms with van der Waals surface area (Å²) in [4.78, 5) is 29.9. The molecule has 1 aliphatic rings. The smallest absolute Gasteiger partial charge is 0.247 e. The van der Waals surface area contributed by atoms with Gasteiger partial charge < -0.3 is 25.0 Å². The number of aromatic nitrogens is 4. The lowest BCUT2D eigenvalue weighted by Gasteiger charge is -2.34. The molecule has 0 atom stereocenters. The van der Waals surface area contributed by atoms with Gasteiger partial charge in [0.25, 0.3) is 0 Å². The van der Waals surface area contributed by atoms with Crippen molar-refractivity contribution in [3.05, 3.63) is 79.3 Å². The van der Waals surface area contributed by atoms with Crippen LogP contribution < -0.4 is 15.5 Å². The minimum Gasteiger partial charge on any atom is -0.369 e. The maximum atomic E-state index is 11.6. The summed E-state index contributed by atoms with van der Waals surface area (Å²) in [6.07, 6.45) is 4.73. The third-order valence-corrected chi connectivity index (χ3v) is 6.08. The predicted octanol–water partition coefficient (Wildman–Crippen LogP) is 3.99. The number of imidazole rings is 1. The average Bonchev–Trinajstić information content (AvgIpc) is 3.27. The summed E-state index contributed by atoms with van der Waals surface area (Å²) in [6, 6.07) is 16.1. The fraction of sp³-hybridized carbons (Fsp3) is 0.231. The van der Waals surface area contributed by atoms with Crippen LogP contribution in [-0.4, -0.2) is 63.6 Å². The Bertz CT molecular complexity index is 1350. The van der Waals surface area contributed by atoms with Gasteiger partial charge in [0.05, 0.1) is 19.1 Å². The highest BCUT2D eigenvalue weighted by atomic mass is 16.1. The molecule has 182 valence electrons. The summed E-state index contributed by atoms with van der Waals surface area (Å²) >= 11 is 0. The number of likely N-dealkylation sites (N-methyl/N-ethyl adjacent to an activating group) is 1. The van der Waals surface area contributed by atoms with Gasteiger partial charge >= 0.3 is 0 Å². The van der Waals surface area contributed by atoms with E-state index in [1.165, 1.54) is 11.8 Å². The second kappa shape index (κ2) is 9.94. The molecule has 9 nitrogen and oxygen atoms in total. The number of rotatable bonds is 7. The molecule has 3 heterocycles. The number of hydrogen-bond donors (Lipinski definition) is 2. The molecule has 0 bridgehead atoms. The van der Waals surface area contributed by atoms with Gasteiger partial charge in [-0.1, -0.05) is 18.7 Å². The monoisotopic (exact) mass is 472 g/mol. The molecule has 0 saturated carbocycles. The van der Waals surface area contributed by atoms with Crippen LogP contribution in [0.3, 0.4) is 0 Å². The van der Waals surface area contributed by atoms with Gasteiger partial charge in [0, 0.05) is 46.1 Å². The third-order valence-electron chi connectivity index (χ3n) is 6.08. The summed E-state index contributed by atoms with van der Waals surface area (Å²) in [6.45, 7) is 8.29. The second-order valence-corrected chi connectivity index (χ2v) is 8.63. The van der Waals surface area contributed by atoms with E-state index in [4.69, 9.17) is 4.98 Å². The number of nitrogens with one attached hydrogen (secondary N) is 2. The number of carbonyl (C=O) groups excluding carboxylic acids is 1. The van der Waals surface area contributed by atoms with Gasteiger partial charge in [-0.25, -0.2) is 9.97 Å². The lowest BCUT2D eigenvalue weighted by Crippen LogP contribution is -2.44. The van der Waals surface area contributed by atoms with Crippen LogP contribution in [0.1, 0.15) is 8.42 Å². The molecule has 0 spiro atoms. The molecule has 4 aromatic rings. The number of benzene rings is 2. The van der Waals surface area contributed by atoms with E-state index in [0.717, 1.165) is 48.6 Å². The van der Waals surface area contributed by atoms with E-state index >= 15 is 0 Å². The first kappa shape index (κ1) is 22.5. The number of piperazine rings is 1. The van der Waals surface area contributed by atoms with E-state index in [-0.39, 0.29) is 8.76 Å². The zero-order valence-corrected chi connectivity index (χ0v) is 19.7. The van der Waals surface area contributed by atoms with Crippen LogP contribution in [0.4, 0.5) is 23.0 Å². The minimum atomic E-state index is -0.241.